The van der Waals surface area contributed by atoms with Crippen LogP contribution in [0.1, 0.15) is 54.9 Å². The zero-order chi connectivity index (χ0) is 14.4. The third-order valence-corrected chi connectivity index (χ3v) is 2.24. The fraction of sp³-hybridized carbons (Fsp3) is 0.929. The molecule has 4 heteroatoms. The van der Waals surface area contributed by atoms with E-state index in [0.29, 0.717) is 19.6 Å². The van der Waals surface area contributed by atoms with Gasteiger partial charge in [0.15, 0.2) is 0 Å². The van der Waals surface area contributed by atoms with E-state index in [-0.39, 0.29) is 23.8 Å². The minimum Gasteiger partial charge on any atom is -0.410 e. The molecule has 0 spiro atoms. The molecular formula is C14H28BNO2. The topological polar surface area (TPSA) is 42.2 Å². The monoisotopic (exact) mass is 253 g/mol. The Labute approximate surface area is 113 Å². The van der Waals surface area contributed by atoms with Crippen LogP contribution in [-0.2, 0) is 9.31 Å². The average Bonchev–Trinajstić information content (AvgIpc) is 2.14. The molecular weight excluding hydrogens is 225 g/mol. The quantitative estimate of drug-likeness (QED) is 0.674. The van der Waals surface area contributed by atoms with Gasteiger partial charge < -0.3 is 9.31 Å². The summed E-state index contributed by atoms with van der Waals surface area (Å²) in [5, 5.41) is 8.78. The zero-order valence-corrected chi connectivity index (χ0v) is 13.0. The molecule has 0 aromatic carbocycles. The van der Waals surface area contributed by atoms with Gasteiger partial charge in [0.1, 0.15) is 0 Å². The van der Waals surface area contributed by atoms with Crippen LogP contribution >= 0.6 is 0 Å². The molecule has 0 saturated carbocycles. The van der Waals surface area contributed by atoms with Crippen LogP contribution in [0.4, 0.5) is 0 Å². The predicted molar refractivity (Wildman–Crippen MR) is 76.2 cm³/mol. The van der Waals surface area contributed by atoms with Crippen LogP contribution in [-0.4, -0.2) is 20.3 Å². The molecule has 1 unspecified atom stereocenters. The lowest BCUT2D eigenvalue weighted by molar-refractivity contribution is 0.108. The van der Waals surface area contributed by atoms with Gasteiger partial charge in [-0.3, -0.25) is 0 Å². The Bertz CT molecular complexity index is 255. The highest BCUT2D eigenvalue weighted by atomic mass is 16.6. The van der Waals surface area contributed by atoms with Crippen molar-refractivity contribution in [3.8, 4) is 6.07 Å². The smallest absolute Gasteiger partial charge is 0.410 e. The molecule has 0 amide bonds. The first-order valence-electron chi connectivity index (χ1n) is 6.65. The highest BCUT2D eigenvalue weighted by Gasteiger charge is 2.29. The second-order valence-corrected chi connectivity index (χ2v) is 7.45. The summed E-state index contributed by atoms with van der Waals surface area (Å²) in [5.74, 6) is 0.0969. The van der Waals surface area contributed by atoms with E-state index < -0.39 is 0 Å². The summed E-state index contributed by atoms with van der Waals surface area (Å²) in [7, 11) is -0.289. The van der Waals surface area contributed by atoms with E-state index in [2.05, 4.69) is 47.6 Å². The van der Waals surface area contributed by atoms with Crippen LogP contribution < -0.4 is 0 Å². The molecule has 0 aliphatic carbocycles. The summed E-state index contributed by atoms with van der Waals surface area (Å²) in [5.41, 5.74) is 0.214. The first-order chi connectivity index (χ1) is 8.05. The SMILES string of the molecule is CC(CC#N)B(OCC(C)(C)C)OCC(C)(C)C. The molecule has 3 nitrogen and oxygen atoms in total. The van der Waals surface area contributed by atoms with Gasteiger partial charge in [0, 0.05) is 25.5 Å². The maximum Gasteiger partial charge on any atom is 0.460 e. The van der Waals surface area contributed by atoms with Crippen molar-refractivity contribution in [1.29, 1.82) is 5.26 Å². The van der Waals surface area contributed by atoms with Crippen LogP contribution in [0.2, 0.25) is 5.82 Å². The van der Waals surface area contributed by atoms with E-state index in [4.69, 9.17) is 14.6 Å². The molecule has 1 atom stereocenters. The maximum absolute atomic E-state index is 8.78. The number of rotatable bonds is 6. The third kappa shape index (κ3) is 9.50. The fourth-order valence-corrected chi connectivity index (χ4v) is 1.28. The van der Waals surface area contributed by atoms with E-state index in [9.17, 15) is 0 Å². The molecule has 0 N–H and O–H groups in total. The van der Waals surface area contributed by atoms with Crippen molar-refractivity contribution in [1.82, 2.24) is 0 Å². The molecule has 0 radical (unpaired) electrons. The van der Waals surface area contributed by atoms with Crippen molar-refractivity contribution in [2.24, 2.45) is 10.8 Å². The normalized spacial score (nSPS) is 14.1. The largest absolute Gasteiger partial charge is 0.460 e. The average molecular weight is 253 g/mol. The molecule has 0 aromatic rings. The summed E-state index contributed by atoms with van der Waals surface area (Å²) < 4.78 is 11.7. The lowest BCUT2D eigenvalue weighted by Gasteiger charge is -2.27. The molecule has 0 aromatic heterocycles. The van der Waals surface area contributed by atoms with Crippen LogP contribution in [0, 0.1) is 22.2 Å². The Hall–Kier alpha value is -0.525. The van der Waals surface area contributed by atoms with Crippen molar-refractivity contribution >= 4 is 7.12 Å². The van der Waals surface area contributed by atoms with Gasteiger partial charge in [0.25, 0.3) is 0 Å². The lowest BCUT2D eigenvalue weighted by Crippen LogP contribution is -2.34. The summed E-state index contributed by atoms with van der Waals surface area (Å²) >= 11 is 0. The summed E-state index contributed by atoms with van der Waals surface area (Å²) in [6.45, 7) is 16.0. The Kier molecular flexibility index (Phi) is 6.95. The summed E-state index contributed by atoms with van der Waals surface area (Å²) in [6.07, 6.45) is 0.457. The molecule has 18 heavy (non-hydrogen) atoms. The molecule has 0 heterocycles. The van der Waals surface area contributed by atoms with E-state index in [0.717, 1.165) is 0 Å². The van der Waals surface area contributed by atoms with Crippen molar-refractivity contribution < 1.29 is 9.31 Å². The molecule has 0 fully saturated rings. The van der Waals surface area contributed by atoms with Gasteiger partial charge in [-0.25, -0.2) is 0 Å². The standard InChI is InChI=1S/C14H28BNO2/c1-12(8-9-16)15(17-10-13(2,3)4)18-11-14(5,6)7/h12H,8,10-11H2,1-7H3. The van der Waals surface area contributed by atoms with E-state index in [1.165, 1.54) is 0 Å². The van der Waals surface area contributed by atoms with Crippen LogP contribution in [0.25, 0.3) is 0 Å². The van der Waals surface area contributed by atoms with Crippen molar-refractivity contribution in [2.45, 2.75) is 60.7 Å². The van der Waals surface area contributed by atoms with Crippen molar-refractivity contribution in [2.75, 3.05) is 13.2 Å². The van der Waals surface area contributed by atoms with Crippen molar-refractivity contribution in [3.63, 3.8) is 0 Å². The predicted octanol–water partition coefficient (Wildman–Crippen LogP) is 3.90. The van der Waals surface area contributed by atoms with Gasteiger partial charge >= 0.3 is 7.12 Å². The van der Waals surface area contributed by atoms with Gasteiger partial charge in [-0.05, 0) is 10.8 Å². The number of hydrogen-bond donors (Lipinski definition) is 0. The highest BCUT2D eigenvalue weighted by Crippen LogP contribution is 2.22. The fourth-order valence-electron chi connectivity index (χ4n) is 1.28. The number of hydrogen-bond acceptors (Lipinski definition) is 3. The first kappa shape index (κ1) is 17.5. The maximum atomic E-state index is 8.78. The molecule has 104 valence electrons. The Morgan fingerprint density at radius 1 is 1.00 bits per heavy atom. The second-order valence-electron chi connectivity index (χ2n) is 7.45. The van der Waals surface area contributed by atoms with Gasteiger partial charge in [0.2, 0.25) is 0 Å². The van der Waals surface area contributed by atoms with Crippen LogP contribution in [0.3, 0.4) is 0 Å². The summed E-state index contributed by atoms with van der Waals surface area (Å²) in [6, 6.07) is 2.18. The van der Waals surface area contributed by atoms with Gasteiger partial charge in [-0.15, -0.1) is 0 Å². The minimum absolute atomic E-state index is 0.0969. The second kappa shape index (κ2) is 7.16. The van der Waals surface area contributed by atoms with E-state index in [1.807, 2.05) is 6.92 Å². The lowest BCUT2D eigenvalue weighted by atomic mass is 9.70. The Morgan fingerprint density at radius 2 is 1.39 bits per heavy atom. The van der Waals surface area contributed by atoms with E-state index >= 15 is 0 Å². The number of nitrogens with zero attached hydrogens (tertiary/aromatic N) is 1. The molecule has 0 rings (SSSR count). The Morgan fingerprint density at radius 3 is 1.67 bits per heavy atom. The first-order valence-corrected chi connectivity index (χ1v) is 6.65. The highest BCUT2D eigenvalue weighted by molar-refractivity contribution is 6.46. The number of nitriles is 1. The Balaban J connectivity index is 4.39. The van der Waals surface area contributed by atoms with Gasteiger partial charge in [-0.2, -0.15) is 5.26 Å². The third-order valence-electron chi connectivity index (χ3n) is 2.24. The molecule has 0 aliphatic heterocycles. The van der Waals surface area contributed by atoms with Crippen LogP contribution in [0.5, 0.6) is 0 Å². The van der Waals surface area contributed by atoms with E-state index in [1.54, 1.807) is 0 Å². The van der Waals surface area contributed by atoms with Gasteiger partial charge in [0.05, 0.1) is 6.07 Å². The van der Waals surface area contributed by atoms with Gasteiger partial charge in [-0.1, -0.05) is 48.5 Å². The van der Waals surface area contributed by atoms with Crippen LogP contribution in [0.15, 0.2) is 0 Å². The molecule has 0 bridgehead atoms. The molecule has 0 saturated heterocycles. The minimum atomic E-state index is -0.289. The zero-order valence-electron chi connectivity index (χ0n) is 13.0. The molecule has 0 aliphatic rings. The van der Waals surface area contributed by atoms with Crippen molar-refractivity contribution in [3.05, 3.63) is 0 Å². The summed E-state index contributed by atoms with van der Waals surface area (Å²) in [4.78, 5) is 0.